The molecule has 0 fully saturated rings. The largest absolute Gasteiger partial charge is 0.508 e. The lowest BCUT2D eigenvalue weighted by molar-refractivity contribution is 0.0939. The number of carbonyl (C=O) groups is 1. The number of aromatic hydroxyl groups is 1. The van der Waals surface area contributed by atoms with Gasteiger partial charge >= 0.3 is 0 Å². The number of nitrogens with one attached hydrogen (secondary N) is 1. The van der Waals surface area contributed by atoms with Gasteiger partial charge in [-0.2, -0.15) is 5.10 Å². The quantitative estimate of drug-likeness (QED) is 0.715. The van der Waals surface area contributed by atoms with Crippen LogP contribution in [0.2, 0.25) is 0 Å². The second-order valence-electron chi connectivity index (χ2n) is 6.06. The van der Waals surface area contributed by atoms with E-state index in [4.69, 9.17) is 4.74 Å². The molecule has 1 heterocycles. The molecule has 3 rings (SSSR count). The molecular formula is C20H21N3O3. The van der Waals surface area contributed by atoms with Crippen molar-refractivity contribution in [1.82, 2.24) is 15.1 Å². The minimum atomic E-state index is -0.223. The first-order valence-electron chi connectivity index (χ1n) is 8.30. The molecule has 2 aromatic carbocycles. The van der Waals surface area contributed by atoms with Crippen molar-refractivity contribution >= 4 is 5.91 Å². The second kappa shape index (κ2) is 7.74. The lowest BCUT2D eigenvalue weighted by Crippen LogP contribution is -2.26. The average Bonchev–Trinajstić information content (AvgIpc) is 3.11. The summed E-state index contributed by atoms with van der Waals surface area (Å²) in [6.45, 7) is 2.44. The Morgan fingerprint density at radius 2 is 2.04 bits per heavy atom. The summed E-state index contributed by atoms with van der Waals surface area (Å²) < 4.78 is 6.86. The van der Waals surface area contributed by atoms with Gasteiger partial charge in [-0.15, -0.1) is 0 Å². The molecule has 0 bridgehead atoms. The van der Waals surface area contributed by atoms with Crippen LogP contribution < -0.4 is 10.1 Å². The molecule has 3 aromatic rings. The molecule has 0 saturated heterocycles. The molecule has 1 atom stereocenters. The molecule has 0 unspecified atom stereocenters. The molecule has 26 heavy (non-hydrogen) atoms. The topological polar surface area (TPSA) is 76.4 Å². The minimum absolute atomic E-state index is 0.177. The Morgan fingerprint density at radius 1 is 1.27 bits per heavy atom. The van der Waals surface area contributed by atoms with E-state index in [0.717, 1.165) is 16.9 Å². The predicted molar refractivity (Wildman–Crippen MR) is 98.3 cm³/mol. The Bertz CT molecular complexity index is 887. The van der Waals surface area contributed by atoms with E-state index in [1.807, 2.05) is 37.3 Å². The molecule has 1 aromatic heterocycles. The van der Waals surface area contributed by atoms with Crippen molar-refractivity contribution in [2.75, 3.05) is 7.11 Å². The van der Waals surface area contributed by atoms with Crippen molar-refractivity contribution in [2.45, 2.75) is 19.5 Å². The van der Waals surface area contributed by atoms with E-state index in [9.17, 15) is 9.90 Å². The van der Waals surface area contributed by atoms with Crippen LogP contribution in [-0.4, -0.2) is 27.9 Å². The van der Waals surface area contributed by atoms with Gasteiger partial charge in [0.2, 0.25) is 0 Å². The van der Waals surface area contributed by atoms with Crippen LogP contribution in [0, 0.1) is 0 Å². The Hall–Kier alpha value is -3.28. The van der Waals surface area contributed by atoms with Crippen LogP contribution in [-0.2, 0) is 6.54 Å². The van der Waals surface area contributed by atoms with Crippen molar-refractivity contribution in [3.8, 4) is 11.5 Å². The molecule has 0 aliphatic heterocycles. The van der Waals surface area contributed by atoms with Crippen LogP contribution in [0.25, 0.3) is 0 Å². The summed E-state index contributed by atoms with van der Waals surface area (Å²) in [7, 11) is 1.63. The van der Waals surface area contributed by atoms with E-state index in [-0.39, 0.29) is 17.7 Å². The maximum absolute atomic E-state index is 12.4. The van der Waals surface area contributed by atoms with E-state index in [0.29, 0.717) is 12.1 Å². The highest BCUT2D eigenvalue weighted by Crippen LogP contribution is 2.18. The smallest absolute Gasteiger partial charge is 0.254 e. The number of rotatable bonds is 6. The first-order chi connectivity index (χ1) is 12.5. The molecule has 6 heteroatoms. The molecule has 6 nitrogen and oxygen atoms in total. The first-order valence-corrected chi connectivity index (χ1v) is 8.30. The normalized spacial score (nSPS) is 11.8. The molecule has 2 N–H and O–H groups in total. The van der Waals surface area contributed by atoms with Gasteiger partial charge in [-0.05, 0) is 42.3 Å². The lowest BCUT2D eigenvalue weighted by Gasteiger charge is -2.13. The zero-order valence-corrected chi connectivity index (χ0v) is 14.7. The Morgan fingerprint density at radius 3 is 2.73 bits per heavy atom. The average molecular weight is 351 g/mol. The SMILES string of the molecule is COc1ccc(Cn2cc(C(=O)N[C@H](C)c3cccc(O)c3)cn2)cc1. The maximum atomic E-state index is 12.4. The number of aromatic nitrogens is 2. The number of phenols is 1. The minimum Gasteiger partial charge on any atom is -0.508 e. The molecule has 0 aliphatic carbocycles. The standard InChI is InChI=1S/C20H21N3O3/c1-14(16-4-3-5-18(24)10-16)22-20(25)17-11-21-23(13-17)12-15-6-8-19(26-2)9-7-15/h3-11,13-14,24H,12H2,1-2H3,(H,22,25)/t14-/m1/s1. The van der Waals surface area contributed by atoms with Crippen LogP contribution in [0.4, 0.5) is 0 Å². The van der Waals surface area contributed by atoms with Gasteiger partial charge in [0.15, 0.2) is 0 Å². The Labute approximate surface area is 152 Å². The molecule has 134 valence electrons. The van der Waals surface area contributed by atoms with Crippen molar-refractivity contribution in [3.63, 3.8) is 0 Å². The number of nitrogens with zero attached hydrogens (tertiary/aromatic N) is 2. The molecular weight excluding hydrogens is 330 g/mol. The van der Waals surface area contributed by atoms with Gasteiger partial charge in [0.05, 0.1) is 31.5 Å². The highest BCUT2D eigenvalue weighted by molar-refractivity contribution is 5.93. The van der Waals surface area contributed by atoms with Crippen LogP contribution >= 0.6 is 0 Å². The summed E-state index contributed by atoms with van der Waals surface area (Å²) >= 11 is 0. The zero-order chi connectivity index (χ0) is 18.5. The molecule has 0 spiro atoms. The molecule has 0 saturated carbocycles. The van der Waals surface area contributed by atoms with Crippen molar-refractivity contribution in [1.29, 1.82) is 0 Å². The van der Waals surface area contributed by atoms with E-state index < -0.39 is 0 Å². The van der Waals surface area contributed by atoms with E-state index in [1.54, 1.807) is 42.4 Å². The van der Waals surface area contributed by atoms with E-state index in [1.165, 1.54) is 0 Å². The van der Waals surface area contributed by atoms with Crippen LogP contribution in [0.15, 0.2) is 60.9 Å². The van der Waals surface area contributed by atoms with Gasteiger partial charge in [0, 0.05) is 6.20 Å². The number of hydrogen-bond acceptors (Lipinski definition) is 4. The fourth-order valence-electron chi connectivity index (χ4n) is 2.64. The Balaban J connectivity index is 1.63. The summed E-state index contributed by atoms with van der Waals surface area (Å²) in [5.74, 6) is 0.771. The number of methoxy groups -OCH3 is 1. The van der Waals surface area contributed by atoms with Gasteiger partial charge in [-0.1, -0.05) is 24.3 Å². The number of ether oxygens (including phenoxy) is 1. The molecule has 1 amide bonds. The maximum Gasteiger partial charge on any atom is 0.254 e. The van der Waals surface area contributed by atoms with Crippen molar-refractivity contribution in [2.24, 2.45) is 0 Å². The molecule has 0 aliphatic rings. The van der Waals surface area contributed by atoms with Crippen LogP contribution in [0.1, 0.15) is 34.5 Å². The zero-order valence-electron chi connectivity index (χ0n) is 14.7. The third kappa shape index (κ3) is 4.22. The Kier molecular flexibility index (Phi) is 5.22. The van der Waals surface area contributed by atoms with Gasteiger partial charge in [-0.25, -0.2) is 0 Å². The third-order valence-corrected chi connectivity index (χ3v) is 4.12. The highest BCUT2D eigenvalue weighted by Gasteiger charge is 2.13. The fraction of sp³-hybridized carbons (Fsp3) is 0.200. The fourth-order valence-corrected chi connectivity index (χ4v) is 2.64. The number of hydrogen-bond donors (Lipinski definition) is 2. The van der Waals surface area contributed by atoms with Crippen LogP contribution in [0.3, 0.4) is 0 Å². The number of benzene rings is 2. The van der Waals surface area contributed by atoms with Gasteiger partial charge in [0.1, 0.15) is 11.5 Å². The lowest BCUT2D eigenvalue weighted by atomic mass is 10.1. The van der Waals surface area contributed by atoms with Gasteiger partial charge in [0.25, 0.3) is 5.91 Å². The number of amides is 1. The van der Waals surface area contributed by atoms with Crippen molar-refractivity contribution < 1.29 is 14.6 Å². The number of carbonyl (C=O) groups excluding carboxylic acids is 1. The summed E-state index contributed by atoms with van der Waals surface area (Å²) in [5.41, 5.74) is 2.39. The van der Waals surface area contributed by atoms with Gasteiger partial charge < -0.3 is 15.2 Å². The summed E-state index contributed by atoms with van der Waals surface area (Å²) in [4.78, 5) is 12.4. The van der Waals surface area contributed by atoms with E-state index in [2.05, 4.69) is 10.4 Å². The van der Waals surface area contributed by atoms with Crippen LogP contribution in [0.5, 0.6) is 11.5 Å². The summed E-state index contributed by atoms with van der Waals surface area (Å²) in [6, 6.07) is 14.3. The first kappa shape index (κ1) is 17.5. The second-order valence-corrected chi connectivity index (χ2v) is 6.06. The number of phenolic OH excluding ortho intramolecular Hbond substituents is 1. The summed E-state index contributed by atoms with van der Waals surface area (Å²) in [6.07, 6.45) is 3.27. The molecule has 0 radical (unpaired) electrons. The van der Waals surface area contributed by atoms with Crippen molar-refractivity contribution in [3.05, 3.63) is 77.6 Å². The monoisotopic (exact) mass is 351 g/mol. The van der Waals surface area contributed by atoms with Gasteiger partial charge in [-0.3, -0.25) is 9.48 Å². The van der Waals surface area contributed by atoms with E-state index >= 15 is 0 Å². The summed E-state index contributed by atoms with van der Waals surface area (Å²) in [5, 5.41) is 16.7. The third-order valence-electron chi connectivity index (χ3n) is 4.12. The highest BCUT2D eigenvalue weighted by atomic mass is 16.5. The predicted octanol–water partition coefficient (Wildman–Crippen LogP) is 3.14.